The molecule has 0 radical (unpaired) electrons. The summed E-state index contributed by atoms with van der Waals surface area (Å²) in [5.41, 5.74) is 0.587. The fraction of sp³-hybridized carbons (Fsp3) is 0.462. The number of hydrogen-bond acceptors (Lipinski definition) is 1. The van der Waals surface area contributed by atoms with Crippen LogP contribution in [0.15, 0.2) is 24.3 Å². The van der Waals surface area contributed by atoms with E-state index >= 15 is 0 Å². The van der Waals surface area contributed by atoms with Crippen molar-refractivity contribution in [3.8, 4) is 0 Å². The molecule has 82 valence electrons. The van der Waals surface area contributed by atoms with E-state index in [-0.39, 0.29) is 5.78 Å². The predicted octanol–water partition coefficient (Wildman–Crippen LogP) is 4.35. The van der Waals surface area contributed by atoms with Crippen LogP contribution in [0.1, 0.15) is 43.5 Å². The maximum Gasteiger partial charge on any atom is 0.161 e. The third kappa shape index (κ3) is 4.48. The lowest BCUT2D eigenvalue weighted by Gasteiger charge is -1.95. The van der Waals surface area contributed by atoms with Crippen molar-refractivity contribution in [1.29, 1.82) is 0 Å². The first kappa shape index (κ1) is 12.3. The lowest BCUT2D eigenvalue weighted by atomic mass is 10.1. The van der Waals surface area contributed by atoms with E-state index < -0.39 is 0 Å². The Hall–Kier alpha value is -0.820. The normalized spacial score (nSPS) is 14.1. The van der Waals surface area contributed by atoms with Crippen LogP contribution in [-0.2, 0) is 0 Å². The summed E-state index contributed by atoms with van der Waals surface area (Å²) in [4.78, 5) is 10.8. The maximum absolute atomic E-state index is 10.8. The Balaban J connectivity index is 0.000000187. The lowest BCUT2D eigenvalue weighted by molar-refractivity contribution is 0.101. The molecular weight excluding hydrogens is 208 g/mol. The van der Waals surface area contributed by atoms with Crippen LogP contribution < -0.4 is 0 Å². The summed E-state index contributed by atoms with van der Waals surface area (Å²) < 4.78 is 0. The first-order valence-electron chi connectivity index (χ1n) is 5.40. The highest BCUT2D eigenvalue weighted by atomic mass is 35.5. The summed E-state index contributed by atoms with van der Waals surface area (Å²) in [7, 11) is 0. The molecule has 1 aliphatic rings. The van der Waals surface area contributed by atoms with Crippen molar-refractivity contribution in [3.63, 3.8) is 0 Å². The highest BCUT2D eigenvalue weighted by molar-refractivity contribution is 6.33. The molecule has 1 nitrogen and oxygen atoms in total. The van der Waals surface area contributed by atoms with E-state index in [0.717, 1.165) is 5.92 Å². The van der Waals surface area contributed by atoms with E-state index in [4.69, 9.17) is 11.6 Å². The first-order valence-corrected chi connectivity index (χ1v) is 5.78. The minimum absolute atomic E-state index is 0.00519. The number of benzene rings is 1. The van der Waals surface area contributed by atoms with Gasteiger partial charge in [-0.15, -0.1) is 0 Å². The Bertz CT molecular complexity index is 329. The number of carbonyl (C=O) groups is 1. The van der Waals surface area contributed by atoms with Crippen LogP contribution in [0.3, 0.4) is 0 Å². The van der Waals surface area contributed by atoms with Crippen LogP contribution in [0.25, 0.3) is 0 Å². The quantitative estimate of drug-likeness (QED) is 0.683. The van der Waals surface area contributed by atoms with Crippen molar-refractivity contribution in [2.75, 3.05) is 0 Å². The summed E-state index contributed by atoms with van der Waals surface area (Å²) >= 11 is 5.70. The van der Waals surface area contributed by atoms with Gasteiger partial charge in [0, 0.05) is 5.56 Å². The van der Waals surface area contributed by atoms with E-state index in [1.165, 1.54) is 26.2 Å². The van der Waals surface area contributed by atoms with Crippen molar-refractivity contribution in [2.45, 2.75) is 33.1 Å². The van der Waals surface area contributed by atoms with Gasteiger partial charge in [-0.3, -0.25) is 4.79 Å². The van der Waals surface area contributed by atoms with Gasteiger partial charge in [0.1, 0.15) is 0 Å². The molecule has 1 saturated carbocycles. The smallest absolute Gasteiger partial charge is 0.161 e. The van der Waals surface area contributed by atoms with Crippen molar-refractivity contribution in [3.05, 3.63) is 34.9 Å². The molecule has 0 bridgehead atoms. The van der Waals surface area contributed by atoms with Gasteiger partial charge >= 0.3 is 0 Å². The van der Waals surface area contributed by atoms with E-state index in [2.05, 4.69) is 6.92 Å². The third-order valence-electron chi connectivity index (χ3n) is 2.53. The van der Waals surface area contributed by atoms with Gasteiger partial charge in [-0.2, -0.15) is 0 Å². The van der Waals surface area contributed by atoms with Crippen LogP contribution in [0.5, 0.6) is 0 Å². The van der Waals surface area contributed by atoms with Gasteiger partial charge in [-0.05, 0) is 25.0 Å². The third-order valence-corrected chi connectivity index (χ3v) is 2.86. The van der Waals surface area contributed by atoms with Gasteiger partial charge < -0.3 is 0 Å². The molecule has 1 aromatic rings. The molecule has 0 spiro atoms. The molecule has 0 heterocycles. The summed E-state index contributed by atoms with van der Waals surface area (Å²) in [5.74, 6) is 1.14. The lowest BCUT2D eigenvalue weighted by Crippen LogP contribution is -1.91. The average Bonchev–Trinajstić information content (AvgIpc) is 3.02. The van der Waals surface area contributed by atoms with Crippen LogP contribution in [-0.4, -0.2) is 5.78 Å². The number of halogens is 1. The topological polar surface area (TPSA) is 17.1 Å². The Kier molecular flexibility index (Phi) is 4.83. The van der Waals surface area contributed by atoms with Crippen molar-refractivity contribution in [1.82, 2.24) is 0 Å². The molecule has 1 aliphatic carbocycles. The number of ketones is 1. The SMILES string of the molecule is CC(=O)c1ccccc1Cl.CCC1CC1. The van der Waals surface area contributed by atoms with Crippen molar-refractivity contribution >= 4 is 17.4 Å². The standard InChI is InChI=1S/C8H7ClO.C5H10/c1-6(10)7-4-2-3-5-8(7)9;1-2-5-3-4-5/h2-5H,1H3;5H,2-4H2,1H3. The minimum Gasteiger partial charge on any atom is -0.294 e. The Morgan fingerprint density at radius 1 is 1.40 bits per heavy atom. The molecule has 0 N–H and O–H groups in total. The second-order valence-electron chi connectivity index (χ2n) is 3.89. The zero-order valence-electron chi connectivity index (χ0n) is 9.29. The molecule has 0 unspecified atom stereocenters. The van der Waals surface area contributed by atoms with Crippen LogP contribution in [0.4, 0.5) is 0 Å². The van der Waals surface area contributed by atoms with Gasteiger partial charge in [0.15, 0.2) is 5.78 Å². The average molecular weight is 225 g/mol. The van der Waals surface area contributed by atoms with Crippen molar-refractivity contribution in [2.24, 2.45) is 5.92 Å². The van der Waals surface area contributed by atoms with E-state index in [1.807, 2.05) is 0 Å². The first-order chi connectivity index (χ1) is 7.15. The van der Waals surface area contributed by atoms with E-state index in [0.29, 0.717) is 10.6 Å². The van der Waals surface area contributed by atoms with Crippen molar-refractivity contribution < 1.29 is 4.79 Å². The fourth-order valence-corrected chi connectivity index (χ4v) is 1.54. The van der Waals surface area contributed by atoms with E-state index in [9.17, 15) is 4.79 Å². The van der Waals surface area contributed by atoms with Gasteiger partial charge in [0.05, 0.1) is 5.02 Å². The maximum atomic E-state index is 10.8. The second-order valence-corrected chi connectivity index (χ2v) is 4.29. The Morgan fingerprint density at radius 3 is 2.27 bits per heavy atom. The fourth-order valence-electron chi connectivity index (χ4n) is 1.27. The molecule has 0 atom stereocenters. The van der Waals surface area contributed by atoms with Gasteiger partial charge in [-0.1, -0.05) is 49.9 Å². The zero-order valence-corrected chi connectivity index (χ0v) is 10.1. The molecule has 15 heavy (non-hydrogen) atoms. The summed E-state index contributed by atoms with van der Waals surface area (Å²) in [6.45, 7) is 3.76. The van der Waals surface area contributed by atoms with Gasteiger partial charge in [0.2, 0.25) is 0 Å². The number of carbonyl (C=O) groups excluding carboxylic acids is 1. The molecule has 2 rings (SSSR count). The van der Waals surface area contributed by atoms with E-state index in [1.54, 1.807) is 24.3 Å². The summed E-state index contributed by atoms with van der Waals surface area (Å²) in [6.07, 6.45) is 4.44. The predicted molar refractivity (Wildman–Crippen MR) is 64.5 cm³/mol. The summed E-state index contributed by atoms with van der Waals surface area (Å²) in [5, 5.41) is 0.523. The molecule has 0 aromatic heterocycles. The largest absolute Gasteiger partial charge is 0.294 e. The zero-order chi connectivity index (χ0) is 11.3. The van der Waals surface area contributed by atoms with Crippen LogP contribution in [0, 0.1) is 5.92 Å². The molecule has 2 heteroatoms. The highest BCUT2D eigenvalue weighted by Gasteiger charge is 2.17. The van der Waals surface area contributed by atoms with Gasteiger partial charge in [-0.25, -0.2) is 0 Å². The monoisotopic (exact) mass is 224 g/mol. The highest BCUT2D eigenvalue weighted by Crippen LogP contribution is 2.31. The van der Waals surface area contributed by atoms with Gasteiger partial charge in [0.25, 0.3) is 0 Å². The van der Waals surface area contributed by atoms with Crippen LogP contribution in [0.2, 0.25) is 5.02 Å². The molecule has 0 saturated heterocycles. The Morgan fingerprint density at radius 2 is 2.00 bits per heavy atom. The number of Topliss-reactive ketones (excluding diaryl/α,β-unsaturated/α-hetero) is 1. The minimum atomic E-state index is 0.00519. The van der Waals surface area contributed by atoms with Crippen LogP contribution >= 0.6 is 11.6 Å². The number of rotatable bonds is 2. The second kappa shape index (κ2) is 5.92. The summed E-state index contributed by atoms with van der Waals surface area (Å²) in [6, 6.07) is 7.01. The molecule has 0 aliphatic heterocycles. The molecular formula is C13H17ClO. The molecule has 0 amide bonds. The number of hydrogen-bond donors (Lipinski definition) is 0. The Labute approximate surface area is 96.5 Å². The molecule has 1 fully saturated rings. The molecule has 1 aromatic carbocycles.